The second kappa shape index (κ2) is 16.0. The molecule has 1 aliphatic carbocycles. The Hall–Kier alpha value is -9.12. The summed E-state index contributed by atoms with van der Waals surface area (Å²) < 4.78 is 7.03. The molecule has 14 rings (SSSR count). The normalized spacial score (nSPS) is 12.8. The average Bonchev–Trinajstić information content (AvgIpc) is 3.93. The second-order valence-electron chi connectivity index (χ2n) is 19.3. The molecule has 0 saturated carbocycles. The highest BCUT2D eigenvalue weighted by Gasteiger charge is 2.36. The van der Waals surface area contributed by atoms with Crippen molar-refractivity contribution in [1.29, 1.82) is 0 Å². The van der Waals surface area contributed by atoms with Crippen LogP contribution in [0.3, 0.4) is 0 Å². The molecule has 2 aromatic heterocycles. The maximum absolute atomic E-state index is 7.03. The summed E-state index contributed by atoms with van der Waals surface area (Å²) in [6, 6.07) is 82.8. The van der Waals surface area contributed by atoms with Crippen molar-refractivity contribution in [2.45, 2.75) is 19.3 Å². The molecule has 0 amide bonds. The van der Waals surface area contributed by atoms with E-state index in [1.165, 1.54) is 44.2 Å². The first kappa shape index (κ1) is 40.9. The van der Waals surface area contributed by atoms with E-state index in [1.54, 1.807) is 0 Å². The lowest BCUT2D eigenvalue weighted by atomic mass is 9.82. The highest BCUT2D eigenvalue weighted by Crippen LogP contribution is 2.51. The van der Waals surface area contributed by atoms with Crippen LogP contribution in [0.15, 0.2) is 241 Å². The third-order valence-electron chi connectivity index (χ3n) is 14.9. The Bertz CT molecular complexity index is 4210. The van der Waals surface area contributed by atoms with E-state index in [1.807, 2.05) is 6.20 Å². The van der Waals surface area contributed by atoms with Crippen molar-refractivity contribution in [3.63, 3.8) is 0 Å². The highest BCUT2D eigenvalue weighted by atomic mass is 16.3. The topological polar surface area (TPSA) is 42.2 Å². The molecule has 2 heterocycles. The number of nitrogens with zero attached hydrogens (tertiary/aromatic N) is 3. The lowest BCUT2D eigenvalue weighted by Crippen LogP contribution is -2.16. The smallest absolute Gasteiger partial charge is 0.143 e. The molecule has 11 aromatic carbocycles. The van der Waals surface area contributed by atoms with Gasteiger partial charge in [0.25, 0.3) is 0 Å². The molecule has 0 spiro atoms. The van der Waals surface area contributed by atoms with Crippen LogP contribution in [-0.4, -0.2) is 9.97 Å². The summed E-state index contributed by atoms with van der Waals surface area (Å²) in [5, 5.41) is 6.75. The van der Waals surface area contributed by atoms with Crippen molar-refractivity contribution in [1.82, 2.24) is 9.97 Å². The van der Waals surface area contributed by atoms with Gasteiger partial charge < -0.3 is 9.32 Å². The van der Waals surface area contributed by atoms with Crippen LogP contribution in [0.2, 0.25) is 0 Å². The predicted octanol–water partition coefficient (Wildman–Crippen LogP) is 18.3. The van der Waals surface area contributed by atoms with Crippen molar-refractivity contribution in [3.8, 4) is 55.8 Å². The summed E-state index contributed by atoms with van der Waals surface area (Å²) in [5.74, 6) is 0. The molecule has 0 radical (unpaired) electrons. The number of aromatic nitrogens is 2. The molecule has 0 aliphatic heterocycles. The zero-order chi connectivity index (χ0) is 47.2. The Labute approximate surface area is 411 Å². The van der Waals surface area contributed by atoms with Crippen LogP contribution in [0.25, 0.3) is 110 Å². The van der Waals surface area contributed by atoms with Crippen molar-refractivity contribution in [2.24, 2.45) is 0 Å². The van der Waals surface area contributed by atoms with E-state index < -0.39 is 0 Å². The molecule has 0 atom stereocenters. The number of fused-ring (bicyclic) bond motifs is 12. The van der Waals surface area contributed by atoms with Crippen LogP contribution < -0.4 is 4.90 Å². The van der Waals surface area contributed by atoms with Crippen molar-refractivity contribution in [2.75, 3.05) is 4.90 Å². The SMILES string of the molecule is CC1(C)c2ccccc2-c2ccc(N(c3ccc(-c4ccccc4)cc3)c3ccc(-c4cccc5c4oc4c(-c6cccc(-c7cnc8c9ccccc9c9ccccc9c8n7)c6)cccc45)cc3)cc21. The first-order valence-electron chi connectivity index (χ1n) is 24.4. The predicted molar refractivity (Wildman–Crippen MR) is 296 cm³/mol. The molecule has 4 heteroatoms. The zero-order valence-corrected chi connectivity index (χ0v) is 39.3. The van der Waals surface area contributed by atoms with Gasteiger partial charge in [0.2, 0.25) is 0 Å². The molecule has 13 aromatic rings. The summed E-state index contributed by atoms with van der Waals surface area (Å²) in [6.07, 6.45) is 1.91. The number of hydrogen-bond donors (Lipinski definition) is 0. The van der Waals surface area contributed by atoms with Gasteiger partial charge in [0.15, 0.2) is 0 Å². The molecule has 0 fully saturated rings. The van der Waals surface area contributed by atoms with Gasteiger partial charge in [0, 0.05) is 60.7 Å². The number of rotatable bonds is 7. The Balaban J connectivity index is 0.841. The van der Waals surface area contributed by atoms with Gasteiger partial charge in [-0.3, -0.25) is 4.98 Å². The Kier molecular flexibility index (Phi) is 9.21. The van der Waals surface area contributed by atoms with Gasteiger partial charge >= 0.3 is 0 Å². The van der Waals surface area contributed by atoms with Gasteiger partial charge in [-0.25, -0.2) is 4.98 Å². The highest BCUT2D eigenvalue weighted by molar-refractivity contribution is 6.23. The van der Waals surface area contributed by atoms with Gasteiger partial charge in [0.05, 0.1) is 22.9 Å². The van der Waals surface area contributed by atoms with E-state index in [0.717, 1.165) is 94.3 Å². The summed E-state index contributed by atoms with van der Waals surface area (Å²) in [7, 11) is 0. The zero-order valence-electron chi connectivity index (χ0n) is 39.3. The summed E-state index contributed by atoms with van der Waals surface area (Å²) >= 11 is 0. The minimum absolute atomic E-state index is 0.125. The third-order valence-corrected chi connectivity index (χ3v) is 14.9. The van der Waals surface area contributed by atoms with Crippen LogP contribution in [0.5, 0.6) is 0 Å². The van der Waals surface area contributed by atoms with E-state index in [9.17, 15) is 0 Å². The monoisotopic (exact) mass is 907 g/mol. The molecular weight excluding hydrogens is 863 g/mol. The van der Waals surface area contributed by atoms with E-state index in [4.69, 9.17) is 14.4 Å². The number of hydrogen-bond acceptors (Lipinski definition) is 4. The number of anilines is 3. The molecule has 0 bridgehead atoms. The Morgan fingerprint density at radius 1 is 0.352 bits per heavy atom. The fraction of sp³-hybridized carbons (Fsp3) is 0.0448. The molecule has 71 heavy (non-hydrogen) atoms. The fourth-order valence-corrected chi connectivity index (χ4v) is 11.4. The van der Waals surface area contributed by atoms with Crippen molar-refractivity contribution in [3.05, 3.63) is 248 Å². The Morgan fingerprint density at radius 3 is 1.55 bits per heavy atom. The molecule has 0 saturated heterocycles. The second-order valence-corrected chi connectivity index (χ2v) is 19.3. The first-order chi connectivity index (χ1) is 35.0. The van der Waals surface area contributed by atoms with E-state index in [0.29, 0.717) is 0 Å². The summed E-state index contributed by atoms with van der Waals surface area (Å²) in [4.78, 5) is 12.7. The molecule has 4 nitrogen and oxygen atoms in total. The number of benzene rings is 11. The van der Waals surface area contributed by atoms with Crippen LogP contribution in [0, 0.1) is 0 Å². The largest absolute Gasteiger partial charge is 0.455 e. The van der Waals surface area contributed by atoms with E-state index >= 15 is 0 Å². The molecule has 0 N–H and O–H groups in total. The fourth-order valence-electron chi connectivity index (χ4n) is 11.4. The Morgan fingerprint density at radius 2 is 0.845 bits per heavy atom. The lowest BCUT2D eigenvalue weighted by Gasteiger charge is -2.28. The molecule has 334 valence electrons. The van der Waals surface area contributed by atoms with E-state index in [2.05, 4.69) is 249 Å². The van der Waals surface area contributed by atoms with Crippen molar-refractivity contribution < 1.29 is 4.42 Å². The van der Waals surface area contributed by atoms with E-state index in [-0.39, 0.29) is 5.41 Å². The van der Waals surface area contributed by atoms with Gasteiger partial charge in [-0.1, -0.05) is 202 Å². The summed E-state index contributed by atoms with van der Waals surface area (Å²) in [6.45, 7) is 4.69. The molecule has 1 aliphatic rings. The van der Waals surface area contributed by atoms with Gasteiger partial charge in [0.1, 0.15) is 11.2 Å². The molecule has 0 unspecified atom stereocenters. The molecular formula is C67H45N3O. The van der Waals surface area contributed by atoms with Gasteiger partial charge in [-0.05, 0) is 97.7 Å². The number of para-hydroxylation sites is 2. The lowest BCUT2D eigenvalue weighted by molar-refractivity contribution is 0.660. The summed E-state index contributed by atoms with van der Waals surface area (Å²) in [5.41, 5.74) is 20.5. The van der Waals surface area contributed by atoms with Crippen LogP contribution >= 0.6 is 0 Å². The minimum atomic E-state index is -0.125. The average molecular weight is 908 g/mol. The number of furan rings is 1. The van der Waals surface area contributed by atoms with Crippen LogP contribution in [-0.2, 0) is 5.41 Å². The minimum Gasteiger partial charge on any atom is -0.455 e. The maximum atomic E-state index is 7.03. The van der Waals surface area contributed by atoms with Gasteiger partial charge in [-0.2, -0.15) is 0 Å². The van der Waals surface area contributed by atoms with Gasteiger partial charge in [-0.15, -0.1) is 0 Å². The quantitative estimate of drug-likeness (QED) is 0.149. The first-order valence-corrected chi connectivity index (χ1v) is 24.4. The maximum Gasteiger partial charge on any atom is 0.143 e. The standard InChI is InChI=1S/C67H45N3O/c1-67(2)60-28-11-10-21-54(60)55-38-37-49(40-61(55)67)70(47-33-29-43(30-34-47)42-15-4-3-5-16-42)48-35-31-44(32-36-48)50-24-13-26-58-59-27-14-25-51(66(59)71-65(50)58)45-17-12-18-46(39-45)62-41-68-63-56-22-8-6-19-52(56)53-20-7-9-23-57(53)64(63)69-62/h3-41H,1-2H3. The third kappa shape index (κ3) is 6.52. The van der Waals surface area contributed by atoms with Crippen LogP contribution in [0.4, 0.5) is 17.1 Å². The van der Waals surface area contributed by atoms with Crippen molar-refractivity contribution >= 4 is 71.6 Å². The van der Waals surface area contributed by atoms with Crippen LogP contribution in [0.1, 0.15) is 25.0 Å².